The van der Waals surface area contributed by atoms with Gasteiger partial charge in [0.1, 0.15) is 5.01 Å². The second-order valence-corrected chi connectivity index (χ2v) is 8.42. The van der Waals surface area contributed by atoms with Crippen molar-refractivity contribution in [3.05, 3.63) is 59.1 Å². The molecule has 1 aliphatic rings. The van der Waals surface area contributed by atoms with Crippen molar-refractivity contribution in [2.45, 2.75) is 18.8 Å². The molecule has 0 radical (unpaired) electrons. The van der Waals surface area contributed by atoms with Gasteiger partial charge in [0.25, 0.3) is 5.91 Å². The summed E-state index contributed by atoms with van der Waals surface area (Å²) in [5.74, 6) is 0.000541. The molecule has 0 spiro atoms. The maximum atomic E-state index is 12.5. The number of hydrogen-bond acceptors (Lipinski definition) is 5. The van der Waals surface area contributed by atoms with E-state index < -0.39 is 0 Å². The van der Waals surface area contributed by atoms with Crippen LogP contribution in [0.4, 0.5) is 5.69 Å². The number of methoxy groups -OCH3 is 1. The van der Waals surface area contributed by atoms with Crippen molar-refractivity contribution < 1.29 is 19.2 Å². The molecule has 2 heterocycles. The van der Waals surface area contributed by atoms with Gasteiger partial charge in [0.15, 0.2) is 6.54 Å². The Balaban J connectivity index is 1.35. The lowest BCUT2D eigenvalue weighted by Gasteiger charge is -2.28. The van der Waals surface area contributed by atoms with Gasteiger partial charge in [-0.2, -0.15) is 0 Å². The first-order chi connectivity index (χ1) is 14.1. The summed E-state index contributed by atoms with van der Waals surface area (Å²) in [5.41, 5.74) is 2.21. The Hall–Kier alpha value is -2.77. The summed E-state index contributed by atoms with van der Waals surface area (Å²) in [6, 6.07) is 15.0. The van der Waals surface area contributed by atoms with Crippen molar-refractivity contribution >= 4 is 39.1 Å². The largest absolute Gasteiger partial charge is 0.465 e. The van der Waals surface area contributed by atoms with E-state index in [2.05, 4.69) is 22.2 Å². The van der Waals surface area contributed by atoms with E-state index >= 15 is 0 Å². The van der Waals surface area contributed by atoms with Crippen LogP contribution in [0.3, 0.4) is 0 Å². The van der Waals surface area contributed by atoms with Crippen LogP contribution in [0.25, 0.3) is 10.2 Å². The lowest BCUT2D eigenvalue weighted by molar-refractivity contribution is -0.898. The van der Waals surface area contributed by atoms with E-state index in [9.17, 15) is 9.59 Å². The predicted octanol–water partition coefficient (Wildman–Crippen LogP) is 2.48. The van der Waals surface area contributed by atoms with Gasteiger partial charge in [-0.15, -0.1) is 11.3 Å². The third-order valence-electron chi connectivity index (χ3n) is 5.28. The zero-order chi connectivity index (χ0) is 20.2. The third kappa shape index (κ3) is 4.63. The van der Waals surface area contributed by atoms with Crippen LogP contribution in [0, 0.1) is 0 Å². The third-order valence-corrected chi connectivity index (χ3v) is 6.48. The molecule has 1 amide bonds. The Kier molecular flexibility index (Phi) is 5.87. The van der Waals surface area contributed by atoms with Crippen LogP contribution in [0.5, 0.6) is 0 Å². The van der Waals surface area contributed by atoms with Gasteiger partial charge in [0, 0.05) is 5.69 Å². The van der Waals surface area contributed by atoms with Crippen LogP contribution >= 0.6 is 11.3 Å². The van der Waals surface area contributed by atoms with Gasteiger partial charge in [-0.1, -0.05) is 12.1 Å². The quantitative estimate of drug-likeness (QED) is 0.634. The number of hydrogen-bond donors (Lipinski definition) is 2. The Labute approximate surface area is 173 Å². The first-order valence-electron chi connectivity index (χ1n) is 9.79. The molecule has 0 aliphatic carbocycles. The summed E-state index contributed by atoms with van der Waals surface area (Å²) < 4.78 is 5.91. The lowest BCUT2D eigenvalue weighted by Crippen LogP contribution is -3.14. The molecule has 1 aromatic heterocycles. The van der Waals surface area contributed by atoms with Crippen molar-refractivity contribution in [2.75, 3.05) is 32.1 Å². The summed E-state index contributed by atoms with van der Waals surface area (Å²) in [4.78, 5) is 30.1. The molecule has 29 heavy (non-hydrogen) atoms. The summed E-state index contributed by atoms with van der Waals surface area (Å²) in [6.45, 7) is 2.35. The Morgan fingerprint density at radius 1 is 1.21 bits per heavy atom. The SMILES string of the molecule is COC(=O)c1ccc(NC(=O)C[NH+]2CCC[C@H](c3nc4ccccc4s3)C2)cc1. The molecule has 0 saturated carbocycles. The van der Waals surface area contributed by atoms with Crippen LogP contribution in [0.1, 0.15) is 34.1 Å². The molecule has 150 valence electrons. The Bertz CT molecular complexity index is 983. The molecule has 0 bridgehead atoms. The zero-order valence-corrected chi connectivity index (χ0v) is 17.1. The summed E-state index contributed by atoms with van der Waals surface area (Å²) in [5, 5.41) is 4.11. The van der Waals surface area contributed by atoms with Gasteiger partial charge < -0.3 is 15.0 Å². The van der Waals surface area contributed by atoms with Crippen molar-refractivity contribution in [2.24, 2.45) is 0 Å². The zero-order valence-electron chi connectivity index (χ0n) is 16.3. The van der Waals surface area contributed by atoms with Crippen LogP contribution < -0.4 is 10.2 Å². The predicted molar refractivity (Wildman–Crippen MR) is 114 cm³/mol. The second-order valence-electron chi connectivity index (χ2n) is 7.36. The lowest BCUT2D eigenvalue weighted by atomic mass is 9.99. The number of piperidine rings is 1. The minimum absolute atomic E-state index is 0.0178. The number of para-hydroxylation sites is 1. The number of carbonyl (C=O) groups excluding carboxylic acids is 2. The van der Waals surface area contributed by atoms with E-state index in [0.29, 0.717) is 23.7 Å². The van der Waals surface area contributed by atoms with Crippen LogP contribution in [-0.4, -0.2) is 43.6 Å². The minimum atomic E-state index is -0.387. The van der Waals surface area contributed by atoms with Gasteiger partial charge in [-0.25, -0.2) is 9.78 Å². The highest BCUT2D eigenvalue weighted by Gasteiger charge is 2.28. The molecular formula is C22H24N3O3S+. The standard InChI is InChI=1S/C22H23N3O3S/c1-28-22(27)15-8-10-17(11-9-15)23-20(26)14-25-12-4-5-16(13-25)21-24-18-6-2-3-7-19(18)29-21/h2-3,6-11,16H,4-5,12-14H2,1H3,(H,23,26)/p+1/t16-/m0/s1. The average molecular weight is 411 g/mol. The minimum Gasteiger partial charge on any atom is -0.465 e. The first kappa shape index (κ1) is 19.5. The van der Waals surface area contributed by atoms with Gasteiger partial charge in [-0.05, 0) is 49.2 Å². The highest BCUT2D eigenvalue weighted by Crippen LogP contribution is 2.30. The van der Waals surface area contributed by atoms with Crippen LogP contribution in [-0.2, 0) is 9.53 Å². The molecule has 1 fully saturated rings. The number of thiazole rings is 1. The number of ether oxygens (including phenoxy) is 1. The Morgan fingerprint density at radius 2 is 2.00 bits per heavy atom. The van der Waals surface area contributed by atoms with E-state index in [0.717, 1.165) is 31.4 Å². The highest BCUT2D eigenvalue weighted by molar-refractivity contribution is 7.18. The number of anilines is 1. The number of esters is 1. The van der Waals surface area contributed by atoms with E-state index in [1.54, 1.807) is 35.6 Å². The molecule has 6 nitrogen and oxygen atoms in total. The summed E-state index contributed by atoms with van der Waals surface area (Å²) >= 11 is 1.77. The van der Waals surface area contributed by atoms with Gasteiger partial charge in [-0.3, -0.25) is 4.79 Å². The fourth-order valence-electron chi connectivity index (χ4n) is 3.83. The maximum absolute atomic E-state index is 12.5. The van der Waals surface area contributed by atoms with Crippen molar-refractivity contribution in [3.63, 3.8) is 0 Å². The number of nitrogens with one attached hydrogen (secondary N) is 2. The maximum Gasteiger partial charge on any atom is 0.337 e. The smallest absolute Gasteiger partial charge is 0.337 e. The number of aromatic nitrogens is 1. The van der Waals surface area contributed by atoms with Crippen LogP contribution in [0.15, 0.2) is 48.5 Å². The molecule has 2 N–H and O–H groups in total. The normalized spacial score (nSPS) is 19.1. The molecule has 1 saturated heterocycles. The number of amides is 1. The summed E-state index contributed by atoms with van der Waals surface area (Å²) in [6.07, 6.45) is 2.22. The topological polar surface area (TPSA) is 72.7 Å². The Morgan fingerprint density at radius 3 is 2.76 bits per heavy atom. The number of benzene rings is 2. The molecule has 1 unspecified atom stereocenters. The fraction of sp³-hybridized carbons (Fsp3) is 0.318. The number of nitrogens with zero attached hydrogens (tertiary/aromatic N) is 1. The van der Waals surface area contributed by atoms with E-state index in [4.69, 9.17) is 4.98 Å². The molecule has 4 rings (SSSR count). The van der Waals surface area contributed by atoms with Gasteiger partial charge in [0.2, 0.25) is 0 Å². The van der Waals surface area contributed by atoms with Crippen molar-refractivity contribution in [1.82, 2.24) is 4.98 Å². The van der Waals surface area contributed by atoms with Gasteiger partial charge >= 0.3 is 5.97 Å². The molecule has 2 aromatic carbocycles. The highest BCUT2D eigenvalue weighted by atomic mass is 32.1. The number of rotatable bonds is 5. The van der Waals surface area contributed by atoms with E-state index in [1.807, 2.05) is 12.1 Å². The molecule has 2 atom stereocenters. The molecule has 1 aliphatic heterocycles. The van der Waals surface area contributed by atoms with E-state index in [1.165, 1.54) is 21.7 Å². The fourth-order valence-corrected chi connectivity index (χ4v) is 4.93. The van der Waals surface area contributed by atoms with Crippen molar-refractivity contribution in [3.8, 4) is 0 Å². The number of likely N-dealkylation sites (tertiary alicyclic amines) is 1. The first-order valence-corrected chi connectivity index (χ1v) is 10.6. The second kappa shape index (κ2) is 8.71. The number of quaternary nitrogens is 1. The number of fused-ring (bicyclic) bond motifs is 1. The van der Waals surface area contributed by atoms with E-state index in [-0.39, 0.29) is 11.9 Å². The molecule has 7 heteroatoms. The summed E-state index contributed by atoms with van der Waals surface area (Å²) in [7, 11) is 1.35. The average Bonchev–Trinajstić information content (AvgIpc) is 3.18. The monoisotopic (exact) mass is 410 g/mol. The number of carbonyl (C=O) groups is 2. The van der Waals surface area contributed by atoms with Crippen molar-refractivity contribution in [1.29, 1.82) is 0 Å². The molecule has 3 aromatic rings. The van der Waals surface area contributed by atoms with Crippen LogP contribution in [0.2, 0.25) is 0 Å². The van der Waals surface area contributed by atoms with Gasteiger partial charge in [0.05, 0.1) is 41.9 Å². The molecular weight excluding hydrogens is 386 g/mol.